The van der Waals surface area contributed by atoms with E-state index < -0.39 is 23.9 Å². The molecule has 0 aromatic heterocycles. The quantitative estimate of drug-likeness (QED) is 0.918. The molecule has 0 spiro atoms. The van der Waals surface area contributed by atoms with Gasteiger partial charge in [0.05, 0.1) is 12.5 Å². The average Bonchev–Trinajstić information content (AvgIpc) is 2.54. The van der Waals surface area contributed by atoms with Crippen LogP contribution in [-0.2, 0) is 4.79 Å². The van der Waals surface area contributed by atoms with Crippen LogP contribution in [0.1, 0.15) is 34.3 Å². The number of piperidine rings is 1. The predicted octanol–water partition coefficient (Wildman–Crippen LogP) is 2.83. The van der Waals surface area contributed by atoms with Gasteiger partial charge < -0.3 is 10.2 Å². The fourth-order valence-corrected chi connectivity index (χ4v) is 2.72. The maximum absolute atomic E-state index is 12.8. The van der Waals surface area contributed by atoms with E-state index >= 15 is 0 Å². The third kappa shape index (κ3) is 4.49. The summed E-state index contributed by atoms with van der Waals surface area (Å²) in [6, 6.07) is 5.18. The van der Waals surface area contributed by atoms with Gasteiger partial charge in [-0.15, -0.1) is 0 Å². The molecule has 1 heterocycles. The Bertz CT molecular complexity index is 629. The van der Waals surface area contributed by atoms with Crippen molar-refractivity contribution < 1.29 is 22.8 Å². The van der Waals surface area contributed by atoms with Crippen molar-refractivity contribution in [3.63, 3.8) is 0 Å². The van der Waals surface area contributed by atoms with Crippen molar-refractivity contribution in [2.24, 2.45) is 5.92 Å². The van der Waals surface area contributed by atoms with E-state index in [0.29, 0.717) is 18.5 Å². The number of hydrogen-bond acceptors (Lipinski definition) is 2. The van der Waals surface area contributed by atoms with E-state index in [1.807, 2.05) is 19.9 Å². The molecular weight excluding hydrogens is 321 g/mol. The van der Waals surface area contributed by atoms with E-state index in [1.165, 1.54) is 4.90 Å². The van der Waals surface area contributed by atoms with Gasteiger partial charge in [0.25, 0.3) is 5.91 Å². The van der Waals surface area contributed by atoms with Gasteiger partial charge in [-0.25, -0.2) is 0 Å². The van der Waals surface area contributed by atoms with Crippen LogP contribution >= 0.6 is 0 Å². The lowest BCUT2D eigenvalue weighted by Crippen LogP contribution is -2.48. The van der Waals surface area contributed by atoms with Gasteiger partial charge in [0.2, 0.25) is 5.91 Å². The Hall–Kier alpha value is -2.05. The van der Waals surface area contributed by atoms with Gasteiger partial charge in [0, 0.05) is 18.7 Å². The van der Waals surface area contributed by atoms with Gasteiger partial charge in [-0.3, -0.25) is 9.59 Å². The second-order valence-electron chi connectivity index (χ2n) is 6.20. The highest BCUT2D eigenvalue weighted by atomic mass is 19.4. The van der Waals surface area contributed by atoms with Crippen LogP contribution in [0.15, 0.2) is 18.2 Å². The molecule has 1 atom stereocenters. The summed E-state index contributed by atoms with van der Waals surface area (Å²) in [4.78, 5) is 25.3. The molecule has 0 saturated carbocycles. The van der Waals surface area contributed by atoms with Gasteiger partial charge in [0.15, 0.2) is 0 Å². The molecule has 1 N–H and O–H groups in total. The van der Waals surface area contributed by atoms with Gasteiger partial charge in [-0.2, -0.15) is 13.2 Å². The molecule has 1 saturated heterocycles. The zero-order chi connectivity index (χ0) is 17.9. The molecule has 1 aromatic carbocycles. The molecule has 1 aromatic rings. The average molecular weight is 342 g/mol. The number of likely N-dealkylation sites (tertiary alicyclic amines) is 1. The molecule has 0 radical (unpaired) electrons. The maximum atomic E-state index is 12.8. The zero-order valence-electron chi connectivity index (χ0n) is 13.7. The minimum atomic E-state index is -4.29. The predicted molar refractivity (Wildman–Crippen MR) is 83.6 cm³/mol. The van der Waals surface area contributed by atoms with Crippen molar-refractivity contribution in [1.82, 2.24) is 10.2 Å². The minimum Gasteiger partial charge on any atom is -0.343 e. The lowest BCUT2D eigenvalue weighted by atomic mass is 9.97. The lowest BCUT2D eigenvalue weighted by molar-refractivity contribution is -0.187. The maximum Gasteiger partial charge on any atom is 0.393 e. The summed E-state index contributed by atoms with van der Waals surface area (Å²) in [5.41, 5.74) is 2.44. The number of alkyl halides is 3. The third-order valence-electron chi connectivity index (χ3n) is 4.41. The molecule has 1 aliphatic heterocycles. The van der Waals surface area contributed by atoms with Crippen LogP contribution in [0, 0.1) is 19.8 Å². The molecule has 1 aliphatic rings. The number of benzene rings is 1. The van der Waals surface area contributed by atoms with Crippen molar-refractivity contribution in [1.29, 1.82) is 0 Å². The van der Waals surface area contributed by atoms with Crippen molar-refractivity contribution in [3.05, 3.63) is 34.9 Å². The molecule has 7 heteroatoms. The van der Waals surface area contributed by atoms with Gasteiger partial charge in [-0.1, -0.05) is 6.07 Å². The summed E-state index contributed by atoms with van der Waals surface area (Å²) in [6.45, 7) is 3.47. The molecule has 0 bridgehead atoms. The number of nitrogens with one attached hydrogen (secondary N) is 1. The molecule has 4 nitrogen and oxygen atoms in total. The smallest absolute Gasteiger partial charge is 0.343 e. The highest BCUT2D eigenvalue weighted by Crippen LogP contribution is 2.33. The number of hydrogen-bond donors (Lipinski definition) is 1. The molecular formula is C17H21F3N2O2. The number of carbonyl (C=O) groups is 2. The molecule has 132 valence electrons. The van der Waals surface area contributed by atoms with Crippen LogP contribution in [0.4, 0.5) is 13.2 Å². The van der Waals surface area contributed by atoms with E-state index in [0.717, 1.165) is 11.1 Å². The molecule has 24 heavy (non-hydrogen) atoms. The van der Waals surface area contributed by atoms with Crippen LogP contribution < -0.4 is 5.32 Å². The van der Waals surface area contributed by atoms with Crippen LogP contribution in [-0.4, -0.2) is 42.5 Å². The van der Waals surface area contributed by atoms with Crippen molar-refractivity contribution in [2.45, 2.75) is 32.9 Å². The summed E-state index contributed by atoms with van der Waals surface area (Å²) in [6.07, 6.45) is -3.93. The zero-order valence-corrected chi connectivity index (χ0v) is 13.7. The van der Waals surface area contributed by atoms with Crippen LogP contribution in [0.2, 0.25) is 0 Å². The lowest BCUT2D eigenvalue weighted by Gasteiger charge is -2.33. The fourth-order valence-electron chi connectivity index (χ4n) is 2.72. The Balaban J connectivity index is 1.90. The van der Waals surface area contributed by atoms with E-state index in [1.54, 1.807) is 12.1 Å². The van der Waals surface area contributed by atoms with E-state index in [-0.39, 0.29) is 19.5 Å². The Morgan fingerprint density at radius 3 is 2.58 bits per heavy atom. The fraction of sp³-hybridized carbons (Fsp3) is 0.529. The summed E-state index contributed by atoms with van der Waals surface area (Å²) < 4.78 is 38.3. The number of rotatable bonds is 3. The van der Waals surface area contributed by atoms with Crippen LogP contribution in [0.3, 0.4) is 0 Å². The summed E-state index contributed by atoms with van der Waals surface area (Å²) >= 11 is 0. The Morgan fingerprint density at radius 1 is 1.25 bits per heavy atom. The second kappa shape index (κ2) is 7.23. The van der Waals surface area contributed by atoms with Crippen molar-refractivity contribution >= 4 is 11.8 Å². The normalized spacial score (nSPS) is 18.4. The van der Waals surface area contributed by atoms with E-state index in [2.05, 4.69) is 5.32 Å². The summed E-state index contributed by atoms with van der Waals surface area (Å²) in [7, 11) is 0. The first-order valence-electron chi connectivity index (χ1n) is 7.88. The second-order valence-corrected chi connectivity index (χ2v) is 6.20. The topological polar surface area (TPSA) is 49.4 Å². The first kappa shape index (κ1) is 18.3. The largest absolute Gasteiger partial charge is 0.393 e. The van der Waals surface area contributed by atoms with Crippen molar-refractivity contribution in [3.8, 4) is 0 Å². The monoisotopic (exact) mass is 342 g/mol. The van der Waals surface area contributed by atoms with Crippen LogP contribution in [0.25, 0.3) is 0 Å². The number of halogens is 3. The van der Waals surface area contributed by atoms with E-state index in [9.17, 15) is 22.8 Å². The van der Waals surface area contributed by atoms with Crippen LogP contribution in [0.5, 0.6) is 0 Å². The molecule has 1 fully saturated rings. The number of amides is 2. The van der Waals surface area contributed by atoms with Crippen molar-refractivity contribution in [2.75, 3.05) is 19.6 Å². The first-order chi connectivity index (χ1) is 11.2. The SMILES string of the molecule is Cc1ccc(C(=O)NCC(=O)N2CCCC(C(F)(F)F)C2)cc1C. The Labute approximate surface area is 139 Å². The van der Waals surface area contributed by atoms with Gasteiger partial charge in [0.1, 0.15) is 0 Å². The standard InChI is InChI=1S/C17H21F3N2O2/c1-11-5-6-13(8-12(11)2)16(24)21-9-15(23)22-7-3-4-14(10-22)17(18,19)20/h5-6,8,14H,3-4,7,9-10H2,1-2H3,(H,21,24). The highest BCUT2D eigenvalue weighted by molar-refractivity contribution is 5.96. The number of carbonyl (C=O) groups excluding carboxylic acids is 2. The minimum absolute atomic E-state index is 0.0439. The molecule has 0 aliphatic carbocycles. The Morgan fingerprint density at radius 2 is 1.96 bits per heavy atom. The third-order valence-corrected chi connectivity index (χ3v) is 4.41. The number of nitrogens with zero attached hydrogens (tertiary/aromatic N) is 1. The summed E-state index contributed by atoms with van der Waals surface area (Å²) in [5.74, 6) is -2.37. The highest BCUT2D eigenvalue weighted by Gasteiger charge is 2.42. The van der Waals surface area contributed by atoms with E-state index in [4.69, 9.17) is 0 Å². The Kier molecular flexibility index (Phi) is 5.51. The first-order valence-corrected chi connectivity index (χ1v) is 7.88. The molecule has 2 rings (SSSR count). The van der Waals surface area contributed by atoms with Gasteiger partial charge in [-0.05, 0) is 49.9 Å². The molecule has 2 amide bonds. The molecule has 1 unspecified atom stereocenters. The number of aryl methyl sites for hydroxylation is 2. The van der Waals surface area contributed by atoms with Gasteiger partial charge >= 0.3 is 6.18 Å². The summed E-state index contributed by atoms with van der Waals surface area (Å²) in [5, 5.41) is 2.48.